The number of rotatable bonds is 2. The zero-order valence-corrected chi connectivity index (χ0v) is 11.3. The van der Waals surface area contributed by atoms with E-state index in [1.165, 1.54) is 12.8 Å². The first-order valence-corrected chi connectivity index (χ1v) is 6.62. The number of aliphatic hydroxyl groups is 1. The van der Waals surface area contributed by atoms with Crippen LogP contribution in [0.5, 0.6) is 0 Å². The van der Waals surface area contributed by atoms with Crippen molar-refractivity contribution in [2.24, 2.45) is 18.9 Å². The first kappa shape index (κ1) is 12.0. The Labute approximate surface area is 104 Å². The van der Waals surface area contributed by atoms with Crippen molar-refractivity contribution in [3.05, 3.63) is 10.3 Å². The van der Waals surface area contributed by atoms with Crippen molar-refractivity contribution in [1.29, 1.82) is 0 Å². The summed E-state index contributed by atoms with van der Waals surface area (Å²) >= 11 is 3.35. The van der Waals surface area contributed by atoms with Gasteiger partial charge in [0.2, 0.25) is 0 Å². The van der Waals surface area contributed by atoms with Gasteiger partial charge in [0.25, 0.3) is 0 Å². The normalized spacial score (nSPS) is 28.0. The molecule has 1 aromatic heterocycles. The summed E-state index contributed by atoms with van der Waals surface area (Å²) in [5.41, 5.74) is 0.805. The Kier molecular flexibility index (Phi) is 3.64. The summed E-state index contributed by atoms with van der Waals surface area (Å²) in [6.07, 6.45) is 4.25. The summed E-state index contributed by atoms with van der Waals surface area (Å²) in [7, 11) is 1.82. The second-order valence-electron chi connectivity index (χ2n) is 4.87. The van der Waals surface area contributed by atoms with Crippen molar-refractivity contribution in [2.75, 3.05) is 0 Å². The number of aryl methyl sites for hydroxylation is 1. The van der Waals surface area contributed by atoms with E-state index < -0.39 is 6.10 Å². The quantitative estimate of drug-likeness (QED) is 0.909. The van der Waals surface area contributed by atoms with Crippen LogP contribution in [0.15, 0.2) is 4.60 Å². The molecule has 1 heterocycles. The summed E-state index contributed by atoms with van der Waals surface area (Å²) in [4.78, 5) is 0. The number of aliphatic hydroxyl groups excluding tert-OH is 1. The van der Waals surface area contributed by atoms with Gasteiger partial charge in [0.1, 0.15) is 11.8 Å². The summed E-state index contributed by atoms with van der Waals surface area (Å²) in [5.74, 6) is 1.06. The second-order valence-corrected chi connectivity index (χ2v) is 5.62. The van der Waals surface area contributed by atoms with E-state index in [1.807, 2.05) is 7.05 Å². The Morgan fingerprint density at radius 2 is 2.25 bits per heavy atom. The molecular formula is C11H18BrN3O. The Hall–Kier alpha value is -0.420. The highest BCUT2D eigenvalue weighted by Gasteiger charge is 2.30. The van der Waals surface area contributed by atoms with Crippen LogP contribution in [0, 0.1) is 11.8 Å². The van der Waals surface area contributed by atoms with E-state index in [0.29, 0.717) is 16.4 Å². The molecule has 1 aliphatic carbocycles. The number of aromatic nitrogens is 3. The fraction of sp³-hybridized carbons (Fsp3) is 0.818. The summed E-state index contributed by atoms with van der Waals surface area (Å²) in [6, 6.07) is 0. The van der Waals surface area contributed by atoms with Gasteiger partial charge in [-0.05, 0) is 40.6 Å². The second kappa shape index (κ2) is 4.84. The van der Waals surface area contributed by atoms with Gasteiger partial charge in [-0.25, -0.2) is 4.68 Å². The first-order chi connectivity index (χ1) is 7.59. The minimum absolute atomic E-state index is 0.345. The van der Waals surface area contributed by atoms with Crippen molar-refractivity contribution >= 4 is 15.9 Å². The molecule has 0 aromatic carbocycles. The molecule has 0 aliphatic heterocycles. The molecule has 90 valence electrons. The number of hydrogen-bond acceptors (Lipinski definition) is 3. The fourth-order valence-corrected chi connectivity index (χ4v) is 3.21. The Bertz CT molecular complexity index is 347. The third kappa shape index (κ3) is 2.30. The van der Waals surface area contributed by atoms with Crippen LogP contribution in [0.25, 0.3) is 0 Å². The summed E-state index contributed by atoms with van der Waals surface area (Å²) in [5, 5.41) is 18.2. The molecule has 3 atom stereocenters. The molecular weight excluding hydrogens is 270 g/mol. The van der Waals surface area contributed by atoms with Crippen molar-refractivity contribution in [3.63, 3.8) is 0 Å². The van der Waals surface area contributed by atoms with E-state index in [2.05, 4.69) is 33.2 Å². The van der Waals surface area contributed by atoms with E-state index in [1.54, 1.807) is 4.68 Å². The molecule has 1 aromatic rings. The van der Waals surface area contributed by atoms with Crippen LogP contribution in [0.1, 0.15) is 44.4 Å². The van der Waals surface area contributed by atoms with Crippen molar-refractivity contribution in [3.8, 4) is 0 Å². The lowest BCUT2D eigenvalue weighted by molar-refractivity contribution is 0.0644. The van der Waals surface area contributed by atoms with Crippen LogP contribution in [0.4, 0.5) is 0 Å². The molecule has 0 spiro atoms. The number of halogens is 1. The van der Waals surface area contributed by atoms with Crippen LogP contribution in [0.3, 0.4) is 0 Å². The molecule has 1 fully saturated rings. The largest absolute Gasteiger partial charge is 0.386 e. The topological polar surface area (TPSA) is 50.9 Å². The number of hydrogen-bond donors (Lipinski definition) is 1. The highest BCUT2D eigenvalue weighted by molar-refractivity contribution is 9.10. The van der Waals surface area contributed by atoms with Gasteiger partial charge >= 0.3 is 0 Å². The maximum atomic E-state index is 10.4. The molecule has 1 aliphatic rings. The smallest absolute Gasteiger partial charge is 0.154 e. The molecule has 4 nitrogen and oxygen atoms in total. The zero-order chi connectivity index (χ0) is 11.7. The summed E-state index contributed by atoms with van der Waals surface area (Å²) in [6.45, 7) is 2.26. The highest BCUT2D eigenvalue weighted by atomic mass is 79.9. The monoisotopic (exact) mass is 287 g/mol. The SMILES string of the molecule is CC1CCCC(C(O)c2c(Br)nnn2C)C1. The third-order valence-corrected chi connectivity index (χ3v) is 4.10. The predicted molar refractivity (Wildman–Crippen MR) is 64.8 cm³/mol. The maximum Gasteiger partial charge on any atom is 0.154 e. The van der Waals surface area contributed by atoms with Crippen molar-refractivity contribution in [2.45, 2.75) is 38.7 Å². The van der Waals surface area contributed by atoms with E-state index >= 15 is 0 Å². The van der Waals surface area contributed by atoms with Gasteiger partial charge in [0.15, 0.2) is 4.60 Å². The Balaban J connectivity index is 2.15. The van der Waals surface area contributed by atoms with Gasteiger partial charge in [-0.3, -0.25) is 0 Å². The third-order valence-electron chi connectivity index (χ3n) is 3.53. The number of nitrogens with zero attached hydrogens (tertiary/aromatic N) is 3. The van der Waals surface area contributed by atoms with Gasteiger partial charge in [-0.2, -0.15) is 0 Å². The zero-order valence-electron chi connectivity index (χ0n) is 9.73. The fourth-order valence-electron chi connectivity index (χ4n) is 2.64. The Morgan fingerprint density at radius 1 is 1.50 bits per heavy atom. The van der Waals surface area contributed by atoms with Crippen LogP contribution in [-0.4, -0.2) is 20.1 Å². The average molecular weight is 288 g/mol. The van der Waals surface area contributed by atoms with Crippen LogP contribution < -0.4 is 0 Å². The van der Waals surface area contributed by atoms with Crippen LogP contribution >= 0.6 is 15.9 Å². The minimum Gasteiger partial charge on any atom is -0.386 e. The molecule has 3 unspecified atom stereocenters. The van der Waals surface area contributed by atoms with E-state index in [-0.39, 0.29) is 0 Å². The molecule has 0 radical (unpaired) electrons. The minimum atomic E-state index is -0.447. The van der Waals surface area contributed by atoms with E-state index in [0.717, 1.165) is 18.5 Å². The average Bonchev–Trinajstić information content (AvgIpc) is 2.58. The molecule has 5 heteroatoms. The standard InChI is InChI=1S/C11H18BrN3O/c1-7-4-3-5-8(6-7)10(16)9-11(12)13-14-15(9)2/h7-8,10,16H,3-6H2,1-2H3. The molecule has 0 amide bonds. The molecule has 2 rings (SSSR count). The summed E-state index contributed by atoms with van der Waals surface area (Å²) < 4.78 is 2.33. The van der Waals surface area contributed by atoms with Gasteiger partial charge in [-0.15, -0.1) is 5.10 Å². The molecule has 1 N–H and O–H groups in total. The van der Waals surface area contributed by atoms with Gasteiger partial charge < -0.3 is 5.11 Å². The van der Waals surface area contributed by atoms with Gasteiger partial charge in [-0.1, -0.05) is 25.0 Å². The lowest BCUT2D eigenvalue weighted by Gasteiger charge is -2.30. The first-order valence-electron chi connectivity index (χ1n) is 5.82. The van der Waals surface area contributed by atoms with Crippen LogP contribution in [0.2, 0.25) is 0 Å². The molecule has 16 heavy (non-hydrogen) atoms. The van der Waals surface area contributed by atoms with Crippen molar-refractivity contribution < 1.29 is 5.11 Å². The Morgan fingerprint density at radius 3 is 2.81 bits per heavy atom. The molecule has 0 saturated heterocycles. The lowest BCUT2D eigenvalue weighted by atomic mass is 9.79. The van der Waals surface area contributed by atoms with Gasteiger partial charge in [0, 0.05) is 7.05 Å². The molecule has 0 bridgehead atoms. The molecule has 1 saturated carbocycles. The predicted octanol–water partition coefficient (Wildman–Crippen LogP) is 2.44. The lowest BCUT2D eigenvalue weighted by Crippen LogP contribution is -2.22. The van der Waals surface area contributed by atoms with Crippen LogP contribution in [-0.2, 0) is 7.05 Å². The highest BCUT2D eigenvalue weighted by Crippen LogP contribution is 2.38. The van der Waals surface area contributed by atoms with E-state index in [9.17, 15) is 5.11 Å². The van der Waals surface area contributed by atoms with E-state index in [4.69, 9.17) is 0 Å². The van der Waals surface area contributed by atoms with Gasteiger partial charge in [0.05, 0.1) is 0 Å². The van der Waals surface area contributed by atoms with Crippen molar-refractivity contribution in [1.82, 2.24) is 15.0 Å². The maximum absolute atomic E-state index is 10.4.